The van der Waals surface area contributed by atoms with Crippen molar-refractivity contribution in [1.82, 2.24) is 0 Å². The van der Waals surface area contributed by atoms with Crippen LogP contribution in [0, 0.1) is 0 Å². The number of fused-ring (bicyclic) bond motifs is 2. The molecule has 3 aliphatic carbocycles. The second-order valence-electron chi connectivity index (χ2n) is 17.6. The summed E-state index contributed by atoms with van der Waals surface area (Å²) in [5, 5.41) is 16.0. The van der Waals surface area contributed by atoms with Crippen LogP contribution in [0.25, 0.3) is 41.8 Å². The Morgan fingerprint density at radius 2 is 1.16 bits per heavy atom. The predicted octanol–water partition coefficient (Wildman–Crippen LogP) is 7.93. The number of carbonyl (C=O) groups excluding carboxylic acids is 2. The minimum atomic E-state index is -1.58. The molecule has 4 heterocycles. The summed E-state index contributed by atoms with van der Waals surface area (Å²) in [5.41, 5.74) is 39.4. The van der Waals surface area contributed by atoms with Crippen molar-refractivity contribution in [3.63, 3.8) is 0 Å². The third-order valence-electron chi connectivity index (χ3n) is 13.6. The number of hydrogen-bond donors (Lipinski definition) is 0. The predicted molar refractivity (Wildman–Crippen MR) is 228 cm³/mol. The average molecular weight is 927 g/mol. The Morgan fingerprint density at radius 3 is 1.79 bits per heavy atom. The van der Waals surface area contributed by atoms with Gasteiger partial charge in [-0.1, -0.05) is 69.7 Å². The van der Waals surface area contributed by atoms with Gasteiger partial charge in [0.15, 0.2) is 36.4 Å². The SMILES string of the molecule is [N-]=[N+]=NC[C@H]1O[C@@H](O[C@@H]2C(N=[N+]=[N-])[C@@H](O[C@@H]3C(N=[N+]=[N-])C[C@@H](N=[N+]=[N-])C4OC5(CCCCC5)O[C@H]43)OC3COC4(CCCCC4)O[C@H]32)C(OC(=O)c2ccccc2)[C@@H]1OC(=O)c1ccccc1. The van der Waals surface area contributed by atoms with Gasteiger partial charge in [-0.05, 0) is 78.5 Å². The Bertz CT molecular complexity index is 2280. The molecule has 24 heteroatoms. The molecule has 0 radical (unpaired) electrons. The van der Waals surface area contributed by atoms with E-state index in [0.29, 0.717) is 25.7 Å². The molecule has 2 spiro atoms. The standard InChI is InChI=1S/C43H50N12O12/c44-52-48-22-28-33(61-38(56)24-13-5-1-6-14-24)37(62-39(57)25-15-7-2-8-16-25)41(59-28)64-35-30(51-55-47)40(60-29-23-58-42(66-34(29)35)17-9-3-10-18-42)63-31-26(49-53-45)21-27(50-54-46)32-36(31)67-43(65-32)19-11-4-12-20-43/h1-2,5-8,13-16,26-37,40-41H,3-4,9-12,17-23H2/t26?,27-,28-,29?,30?,31-,32?,33-,34-,35-,36+,37?,40-,41+/m1/s1. The lowest BCUT2D eigenvalue weighted by Crippen LogP contribution is -2.68. The van der Waals surface area contributed by atoms with Crippen LogP contribution >= 0.6 is 0 Å². The first-order valence-corrected chi connectivity index (χ1v) is 22.7. The van der Waals surface area contributed by atoms with Crippen molar-refractivity contribution in [2.75, 3.05) is 13.2 Å². The van der Waals surface area contributed by atoms with Crippen LogP contribution in [0.3, 0.4) is 0 Å². The molecule has 67 heavy (non-hydrogen) atoms. The Kier molecular flexibility index (Phi) is 14.3. The molecule has 0 amide bonds. The lowest BCUT2D eigenvalue weighted by atomic mass is 9.84. The van der Waals surface area contributed by atoms with Crippen molar-refractivity contribution in [3.8, 4) is 0 Å². The number of benzene rings is 2. The van der Waals surface area contributed by atoms with Crippen molar-refractivity contribution in [1.29, 1.82) is 0 Å². The van der Waals surface area contributed by atoms with E-state index >= 15 is 0 Å². The van der Waals surface area contributed by atoms with Gasteiger partial charge in [-0.25, -0.2) is 9.59 Å². The van der Waals surface area contributed by atoms with Crippen molar-refractivity contribution in [2.24, 2.45) is 20.5 Å². The molecule has 0 bridgehead atoms. The van der Waals surface area contributed by atoms with Crippen LogP contribution < -0.4 is 0 Å². The lowest BCUT2D eigenvalue weighted by Gasteiger charge is -2.53. The molecule has 3 saturated carbocycles. The molecule has 0 aromatic heterocycles. The van der Waals surface area contributed by atoms with Crippen LogP contribution in [0.1, 0.15) is 91.3 Å². The summed E-state index contributed by atoms with van der Waals surface area (Å²) in [7, 11) is 0. The minimum Gasteiger partial charge on any atom is -0.452 e. The Balaban J connectivity index is 1.09. The third kappa shape index (κ3) is 9.84. The number of azide groups is 4. The van der Waals surface area contributed by atoms with E-state index in [-0.39, 0.29) is 30.7 Å². The van der Waals surface area contributed by atoms with Crippen LogP contribution in [0.15, 0.2) is 81.1 Å². The fraction of sp³-hybridized carbons (Fsp3) is 0.674. The molecule has 2 aromatic rings. The zero-order valence-corrected chi connectivity index (χ0v) is 36.3. The molecule has 5 unspecified atom stereocenters. The maximum absolute atomic E-state index is 13.9. The zero-order valence-electron chi connectivity index (χ0n) is 36.3. The number of esters is 2. The monoisotopic (exact) mass is 926 g/mol. The van der Waals surface area contributed by atoms with Gasteiger partial charge in [0, 0.05) is 45.3 Å². The highest BCUT2D eigenvalue weighted by Gasteiger charge is 2.62. The summed E-state index contributed by atoms with van der Waals surface area (Å²) in [6.45, 7) is -0.368. The van der Waals surface area contributed by atoms with Gasteiger partial charge in [0.1, 0.15) is 36.6 Å². The van der Waals surface area contributed by atoms with E-state index in [9.17, 15) is 31.7 Å². The van der Waals surface area contributed by atoms with Gasteiger partial charge in [-0.2, -0.15) is 0 Å². The second kappa shape index (κ2) is 20.7. The molecule has 354 valence electrons. The molecule has 0 N–H and O–H groups in total. The van der Waals surface area contributed by atoms with Gasteiger partial charge in [-0.3, -0.25) is 0 Å². The quantitative estimate of drug-likeness (QED) is 0.0800. The average Bonchev–Trinajstić information content (AvgIpc) is 3.88. The van der Waals surface area contributed by atoms with Gasteiger partial charge >= 0.3 is 11.9 Å². The number of nitrogens with zero attached hydrogens (tertiary/aromatic N) is 12. The molecule has 4 saturated heterocycles. The first kappa shape index (κ1) is 46.4. The van der Waals surface area contributed by atoms with Crippen LogP contribution in [0.2, 0.25) is 0 Å². The maximum Gasteiger partial charge on any atom is 0.338 e. The molecular formula is C43H50N12O12. The van der Waals surface area contributed by atoms with Gasteiger partial charge in [0.05, 0.1) is 48.6 Å². The highest BCUT2D eigenvalue weighted by atomic mass is 16.8. The van der Waals surface area contributed by atoms with E-state index in [2.05, 4.69) is 40.1 Å². The summed E-state index contributed by atoms with van der Waals surface area (Å²) in [5.74, 6) is -3.61. The topological polar surface area (TPSA) is 321 Å². The van der Waals surface area contributed by atoms with Crippen molar-refractivity contribution >= 4 is 11.9 Å². The van der Waals surface area contributed by atoms with E-state index in [1.165, 1.54) is 0 Å². The normalized spacial score (nSPS) is 35.8. The lowest BCUT2D eigenvalue weighted by molar-refractivity contribution is -0.398. The van der Waals surface area contributed by atoms with E-state index in [1.54, 1.807) is 60.7 Å². The van der Waals surface area contributed by atoms with Crippen molar-refractivity contribution in [3.05, 3.63) is 114 Å². The number of rotatable bonds is 13. The van der Waals surface area contributed by atoms with Gasteiger partial charge in [0.25, 0.3) is 0 Å². The molecule has 7 aliphatic rings. The van der Waals surface area contributed by atoms with Crippen molar-refractivity contribution < 1.29 is 57.0 Å². The second-order valence-corrected chi connectivity index (χ2v) is 17.6. The fourth-order valence-electron chi connectivity index (χ4n) is 10.5. The molecule has 9 rings (SSSR count). The third-order valence-corrected chi connectivity index (χ3v) is 13.6. The summed E-state index contributed by atoms with van der Waals surface area (Å²) in [6, 6.07) is 13.1. The zero-order chi connectivity index (χ0) is 46.4. The highest BCUT2D eigenvalue weighted by molar-refractivity contribution is 5.90. The number of hydrogen-bond acceptors (Lipinski definition) is 16. The summed E-state index contributed by atoms with van der Waals surface area (Å²) in [6.07, 6.45) is -5.59. The summed E-state index contributed by atoms with van der Waals surface area (Å²) < 4.78 is 65.6. The molecular weight excluding hydrogens is 877 g/mol. The van der Waals surface area contributed by atoms with E-state index in [1.807, 2.05) is 0 Å². The molecule has 4 aliphatic heterocycles. The Hall–Kier alpha value is -5.70. The summed E-state index contributed by atoms with van der Waals surface area (Å²) >= 11 is 0. The highest BCUT2D eigenvalue weighted by Crippen LogP contribution is 2.49. The number of carbonyl (C=O) groups is 2. The number of ether oxygens (including phenoxy) is 10. The molecule has 7 fully saturated rings. The Morgan fingerprint density at radius 1 is 0.597 bits per heavy atom. The molecule has 24 nitrogen and oxygen atoms in total. The fourth-order valence-corrected chi connectivity index (χ4v) is 10.5. The van der Waals surface area contributed by atoms with Crippen LogP contribution in [-0.2, 0) is 47.4 Å². The maximum atomic E-state index is 13.9. The van der Waals surface area contributed by atoms with E-state index < -0.39 is 109 Å². The van der Waals surface area contributed by atoms with E-state index in [0.717, 1.165) is 38.5 Å². The van der Waals surface area contributed by atoms with Crippen LogP contribution in [0.5, 0.6) is 0 Å². The van der Waals surface area contributed by atoms with Crippen LogP contribution in [-0.4, -0.2) is 122 Å². The first-order valence-electron chi connectivity index (χ1n) is 22.7. The molecule has 14 atom stereocenters. The smallest absolute Gasteiger partial charge is 0.338 e. The van der Waals surface area contributed by atoms with Gasteiger partial charge < -0.3 is 47.4 Å². The van der Waals surface area contributed by atoms with Crippen molar-refractivity contribution in [2.45, 2.75) is 168 Å². The van der Waals surface area contributed by atoms with E-state index in [4.69, 9.17) is 47.4 Å². The summed E-state index contributed by atoms with van der Waals surface area (Å²) in [4.78, 5) is 39.8. The van der Waals surface area contributed by atoms with Gasteiger partial charge in [0.2, 0.25) is 0 Å². The largest absolute Gasteiger partial charge is 0.452 e. The first-order chi connectivity index (χ1) is 32.8. The van der Waals surface area contributed by atoms with Crippen LogP contribution in [0.4, 0.5) is 0 Å². The Labute approximate surface area is 383 Å². The van der Waals surface area contributed by atoms with Gasteiger partial charge in [-0.15, -0.1) is 0 Å². The minimum absolute atomic E-state index is 0.000318. The molecule has 2 aromatic carbocycles.